The number of hydrogen-bond acceptors (Lipinski definition) is 5. The first-order valence-corrected chi connectivity index (χ1v) is 9.21. The molecule has 1 amide bonds. The van der Waals surface area contributed by atoms with Crippen LogP contribution in [0.1, 0.15) is 45.4 Å². The van der Waals surface area contributed by atoms with Crippen LogP contribution in [0.2, 0.25) is 0 Å². The van der Waals surface area contributed by atoms with Gasteiger partial charge in [-0.15, -0.1) is 0 Å². The number of H-pyrrole nitrogens is 1. The summed E-state index contributed by atoms with van der Waals surface area (Å²) in [5.74, 6) is 2.58. The van der Waals surface area contributed by atoms with E-state index in [1.807, 2.05) is 6.92 Å². The quantitative estimate of drug-likeness (QED) is 0.816. The second-order valence-corrected chi connectivity index (χ2v) is 7.86. The molecule has 136 valence electrons. The van der Waals surface area contributed by atoms with Gasteiger partial charge >= 0.3 is 5.69 Å². The fourth-order valence-electron chi connectivity index (χ4n) is 5.46. The Balaban J connectivity index is 1.36. The van der Waals surface area contributed by atoms with Gasteiger partial charge in [0.05, 0.1) is 12.7 Å². The molecule has 7 nitrogen and oxygen atoms in total. The molecule has 4 aliphatic carbocycles. The van der Waals surface area contributed by atoms with Gasteiger partial charge in [0.2, 0.25) is 5.88 Å². The van der Waals surface area contributed by atoms with E-state index in [2.05, 4.69) is 15.3 Å². The summed E-state index contributed by atoms with van der Waals surface area (Å²) in [6.45, 7) is 2.11. The van der Waals surface area contributed by atoms with Crippen LogP contribution in [0, 0.1) is 17.8 Å². The zero-order valence-corrected chi connectivity index (χ0v) is 14.5. The molecule has 0 aromatic carbocycles. The maximum atomic E-state index is 12.4. The SMILES string of the molecule is CCOc1cc(OCC(=O)NC23CC4CC(CC(C4)C2)C3)nc(=O)[nH]1. The van der Waals surface area contributed by atoms with Gasteiger partial charge in [-0.05, 0) is 63.2 Å². The van der Waals surface area contributed by atoms with E-state index in [1.54, 1.807) is 0 Å². The average molecular weight is 347 g/mol. The summed E-state index contributed by atoms with van der Waals surface area (Å²) < 4.78 is 10.7. The van der Waals surface area contributed by atoms with E-state index >= 15 is 0 Å². The number of carbonyl (C=O) groups excluding carboxylic acids is 1. The van der Waals surface area contributed by atoms with Gasteiger partial charge in [0.1, 0.15) is 0 Å². The molecule has 5 rings (SSSR count). The van der Waals surface area contributed by atoms with E-state index < -0.39 is 5.69 Å². The Kier molecular flexibility index (Phi) is 4.17. The number of aromatic amines is 1. The van der Waals surface area contributed by atoms with Crippen LogP contribution in [0.15, 0.2) is 10.9 Å². The van der Waals surface area contributed by atoms with E-state index in [4.69, 9.17) is 9.47 Å². The zero-order valence-electron chi connectivity index (χ0n) is 14.5. The molecular formula is C18H25N3O4. The molecule has 0 radical (unpaired) electrons. The Labute approximate surface area is 146 Å². The normalized spacial score (nSPS) is 32.4. The van der Waals surface area contributed by atoms with Crippen LogP contribution in [-0.2, 0) is 4.79 Å². The average Bonchev–Trinajstić information content (AvgIpc) is 2.51. The lowest BCUT2D eigenvalue weighted by Crippen LogP contribution is -2.60. The van der Waals surface area contributed by atoms with Crippen molar-refractivity contribution in [3.05, 3.63) is 16.6 Å². The van der Waals surface area contributed by atoms with E-state index in [0.717, 1.165) is 37.0 Å². The fourth-order valence-corrected chi connectivity index (χ4v) is 5.46. The van der Waals surface area contributed by atoms with Gasteiger partial charge < -0.3 is 14.8 Å². The Bertz CT molecular complexity index is 679. The number of nitrogens with zero attached hydrogens (tertiary/aromatic N) is 1. The zero-order chi connectivity index (χ0) is 17.4. The van der Waals surface area contributed by atoms with Crippen LogP contribution in [0.3, 0.4) is 0 Å². The van der Waals surface area contributed by atoms with Gasteiger partial charge in [-0.2, -0.15) is 4.98 Å². The predicted octanol–water partition coefficient (Wildman–Crippen LogP) is 1.63. The number of ether oxygens (including phenoxy) is 2. The van der Waals surface area contributed by atoms with E-state index in [9.17, 15) is 9.59 Å². The highest BCUT2D eigenvalue weighted by atomic mass is 16.5. The second-order valence-electron chi connectivity index (χ2n) is 7.86. The third-order valence-corrected chi connectivity index (χ3v) is 5.79. The van der Waals surface area contributed by atoms with E-state index in [0.29, 0.717) is 12.5 Å². The highest BCUT2D eigenvalue weighted by Gasteiger charge is 2.51. The van der Waals surface area contributed by atoms with Crippen molar-refractivity contribution in [3.8, 4) is 11.8 Å². The van der Waals surface area contributed by atoms with Gasteiger partial charge in [-0.1, -0.05) is 0 Å². The molecule has 0 atom stereocenters. The number of amides is 1. The number of carbonyl (C=O) groups is 1. The number of rotatable bonds is 6. The lowest BCUT2D eigenvalue weighted by Gasteiger charge is -2.56. The molecule has 1 heterocycles. The smallest absolute Gasteiger partial charge is 0.351 e. The van der Waals surface area contributed by atoms with Gasteiger partial charge in [0.25, 0.3) is 5.91 Å². The van der Waals surface area contributed by atoms with Crippen molar-refractivity contribution in [3.63, 3.8) is 0 Å². The topological polar surface area (TPSA) is 93.3 Å². The largest absolute Gasteiger partial charge is 0.479 e. The maximum absolute atomic E-state index is 12.4. The molecule has 7 heteroatoms. The Morgan fingerprint density at radius 3 is 2.48 bits per heavy atom. The minimum Gasteiger partial charge on any atom is -0.479 e. The van der Waals surface area contributed by atoms with Crippen molar-refractivity contribution < 1.29 is 14.3 Å². The second kappa shape index (κ2) is 6.35. The first-order valence-electron chi connectivity index (χ1n) is 9.21. The van der Waals surface area contributed by atoms with Crippen LogP contribution in [0.5, 0.6) is 11.8 Å². The highest BCUT2D eigenvalue weighted by molar-refractivity contribution is 5.78. The summed E-state index contributed by atoms with van der Waals surface area (Å²) in [5, 5.41) is 3.24. The molecule has 0 unspecified atom stereocenters. The summed E-state index contributed by atoms with van der Waals surface area (Å²) in [4.78, 5) is 30.1. The number of aromatic nitrogens is 2. The summed E-state index contributed by atoms with van der Waals surface area (Å²) in [7, 11) is 0. The first kappa shape index (κ1) is 16.4. The minimum absolute atomic E-state index is 0.0345. The van der Waals surface area contributed by atoms with Crippen LogP contribution in [0.25, 0.3) is 0 Å². The standard InChI is InChI=1S/C18H25N3O4/c1-2-24-15-6-16(20-17(23)19-15)25-10-14(22)21-18-7-11-3-12(8-18)5-13(4-11)9-18/h6,11-13H,2-5,7-10H2,1H3,(H,21,22)(H,19,20,23). The summed E-state index contributed by atoms with van der Waals surface area (Å²) >= 11 is 0. The summed E-state index contributed by atoms with van der Waals surface area (Å²) in [5.41, 5.74) is -0.588. The van der Waals surface area contributed by atoms with Crippen molar-refractivity contribution in [2.24, 2.45) is 17.8 Å². The van der Waals surface area contributed by atoms with Crippen LogP contribution in [0.4, 0.5) is 0 Å². The molecule has 2 N–H and O–H groups in total. The van der Waals surface area contributed by atoms with Crippen LogP contribution in [-0.4, -0.2) is 34.6 Å². The van der Waals surface area contributed by atoms with Gasteiger partial charge in [0.15, 0.2) is 12.5 Å². The molecule has 25 heavy (non-hydrogen) atoms. The Morgan fingerprint density at radius 1 is 1.24 bits per heavy atom. The Hall–Kier alpha value is -2.05. The molecular weight excluding hydrogens is 322 g/mol. The van der Waals surface area contributed by atoms with Crippen LogP contribution >= 0.6 is 0 Å². The minimum atomic E-state index is -0.553. The monoisotopic (exact) mass is 347 g/mol. The van der Waals surface area contributed by atoms with Gasteiger partial charge in [-0.25, -0.2) is 4.79 Å². The third kappa shape index (κ3) is 3.50. The van der Waals surface area contributed by atoms with Crippen molar-refractivity contribution in [2.75, 3.05) is 13.2 Å². The van der Waals surface area contributed by atoms with Crippen molar-refractivity contribution in [2.45, 2.75) is 51.0 Å². The van der Waals surface area contributed by atoms with E-state index in [1.165, 1.54) is 25.3 Å². The van der Waals surface area contributed by atoms with Crippen molar-refractivity contribution >= 4 is 5.91 Å². The molecule has 0 saturated heterocycles. The maximum Gasteiger partial charge on any atom is 0.351 e. The van der Waals surface area contributed by atoms with E-state index in [-0.39, 0.29) is 23.9 Å². The van der Waals surface area contributed by atoms with Crippen molar-refractivity contribution in [1.82, 2.24) is 15.3 Å². The number of hydrogen-bond donors (Lipinski definition) is 2. The summed E-state index contributed by atoms with van der Waals surface area (Å²) in [6, 6.07) is 1.49. The summed E-state index contributed by atoms with van der Waals surface area (Å²) in [6.07, 6.45) is 7.31. The third-order valence-electron chi connectivity index (χ3n) is 5.79. The molecule has 4 aliphatic rings. The lowest BCUT2D eigenvalue weighted by atomic mass is 9.53. The van der Waals surface area contributed by atoms with Crippen LogP contribution < -0.4 is 20.5 Å². The number of nitrogens with one attached hydrogen (secondary N) is 2. The first-order chi connectivity index (χ1) is 12.0. The van der Waals surface area contributed by atoms with Crippen molar-refractivity contribution in [1.29, 1.82) is 0 Å². The Morgan fingerprint density at radius 2 is 1.88 bits per heavy atom. The molecule has 4 bridgehead atoms. The molecule has 4 fully saturated rings. The van der Waals surface area contributed by atoms with Gasteiger partial charge in [0, 0.05) is 5.54 Å². The predicted molar refractivity (Wildman–Crippen MR) is 90.6 cm³/mol. The molecule has 0 aliphatic heterocycles. The fraction of sp³-hybridized carbons (Fsp3) is 0.722. The van der Waals surface area contributed by atoms with Gasteiger partial charge in [-0.3, -0.25) is 9.78 Å². The molecule has 0 spiro atoms. The lowest BCUT2D eigenvalue weighted by molar-refractivity contribution is -0.128. The molecule has 4 saturated carbocycles. The molecule has 1 aromatic heterocycles. The molecule has 1 aromatic rings. The highest BCUT2D eigenvalue weighted by Crippen LogP contribution is 2.55.